The van der Waals surface area contributed by atoms with Gasteiger partial charge in [-0.1, -0.05) is 30.7 Å². The number of likely N-dealkylation sites (tertiary alicyclic amines) is 1. The van der Waals surface area contributed by atoms with Gasteiger partial charge in [-0.05, 0) is 49.8 Å². The molecule has 1 aliphatic rings. The number of carbonyl (C=O) groups excluding carboxylic acids is 1. The molecule has 0 atom stereocenters. The Labute approximate surface area is 159 Å². The van der Waals surface area contributed by atoms with Crippen LogP contribution in [-0.4, -0.2) is 40.4 Å². The van der Waals surface area contributed by atoms with E-state index in [9.17, 15) is 4.79 Å². The largest absolute Gasteiger partial charge is 0.370 e. The van der Waals surface area contributed by atoms with E-state index in [4.69, 9.17) is 11.6 Å². The van der Waals surface area contributed by atoms with Gasteiger partial charge in [-0.3, -0.25) is 4.79 Å². The predicted octanol–water partition coefficient (Wildman–Crippen LogP) is 3.97. The van der Waals surface area contributed by atoms with Crippen LogP contribution < -0.4 is 5.32 Å². The fourth-order valence-corrected chi connectivity index (χ4v) is 3.38. The second kappa shape index (κ2) is 8.49. The molecule has 0 spiro atoms. The van der Waals surface area contributed by atoms with Gasteiger partial charge in [0.2, 0.25) is 0 Å². The fourth-order valence-electron chi connectivity index (χ4n) is 3.17. The Kier molecular flexibility index (Phi) is 6.09. The highest BCUT2D eigenvalue weighted by Gasteiger charge is 2.23. The average molecular weight is 373 g/mol. The second-order valence-corrected chi connectivity index (χ2v) is 7.40. The number of halogens is 1. The smallest absolute Gasteiger partial charge is 0.272 e. The Morgan fingerprint density at radius 1 is 1.27 bits per heavy atom. The molecular formula is C20H25ClN4O. The highest BCUT2D eigenvalue weighted by Crippen LogP contribution is 2.18. The van der Waals surface area contributed by atoms with Crippen LogP contribution in [0.15, 0.2) is 30.3 Å². The standard InChI is InChI=1S/C20H25ClN4O/c1-14-7-10-25(11-8-14)20(26)18-13-19(24-15(2)23-18)22-9-6-16-4-3-5-17(21)12-16/h3-5,12-14H,6-11H2,1-2H3,(H,22,23,24). The minimum absolute atomic E-state index is 0.000270. The van der Waals surface area contributed by atoms with Crippen LogP contribution >= 0.6 is 11.6 Å². The van der Waals surface area contributed by atoms with Crippen LogP contribution in [0.4, 0.5) is 5.82 Å². The molecule has 1 saturated heterocycles. The summed E-state index contributed by atoms with van der Waals surface area (Å²) in [6.07, 6.45) is 2.94. The van der Waals surface area contributed by atoms with Crippen molar-refractivity contribution in [3.63, 3.8) is 0 Å². The molecule has 1 aromatic carbocycles. The third-order valence-electron chi connectivity index (χ3n) is 4.74. The van der Waals surface area contributed by atoms with Gasteiger partial charge in [-0.25, -0.2) is 9.97 Å². The van der Waals surface area contributed by atoms with Crippen LogP contribution in [-0.2, 0) is 6.42 Å². The van der Waals surface area contributed by atoms with Crippen LogP contribution in [0.1, 0.15) is 41.6 Å². The molecule has 5 nitrogen and oxygen atoms in total. The van der Waals surface area contributed by atoms with E-state index in [2.05, 4.69) is 22.2 Å². The van der Waals surface area contributed by atoms with E-state index in [0.717, 1.165) is 42.9 Å². The zero-order chi connectivity index (χ0) is 18.5. The Bertz CT molecular complexity index is 772. The molecule has 2 aromatic rings. The van der Waals surface area contributed by atoms with Crippen molar-refractivity contribution in [2.45, 2.75) is 33.1 Å². The van der Waals surface area contributed by atoms with E-state index in [1.54, 1.807) is 6.07 Å². The van der Waals surface area contributed by atoms with Gasteiger partial charge in [-0.15, -0.1) is 0 Å². The highest BCUT2D eigenvalue weighted by molar-refractivity contribution is 6.30. The van der Waals surface area contributed by atoms with E-state index < -0.39 is 0 Å². The lowest BCUT2D eigenvalue weighted by molar-refractivity contribution is 0.0691. The van der Waals surface area contributed by atoms with Crippen LogP contribution in [0.3, 0.4) is 0 Å². The number of carbonyl (C=O) groups is 1. The Balaban J connectivity index is 1.62. The van der Waals surface area contributed by atoms with E-state index in [-0.39, 0.29) is 5.91 Å². The average Bonchev–Trinajstić information content (AvgIpc) is 2.61. The van der Waals surface area contributed by atoms with E-state index in [1.807, 2.05) is 36.1 Å². The zero-order valence-electron chi connectivity index (χ0n) is 15.3. The number of rotatable bonds is 5. The van der Waals surface area contributed by atoms with Crippen molar-refractivity contribution in [2.75, 3.05) is 25.0 Å². The van der Waals surface area contributed by atoms with Gasteiger partial charge in [0.1, 0.15) is 17.3 Å². The van der Waals surface area contributed by atoms with Crippen LogP contribution in [0.5, 0.6) is 0 Å². The molecule has 1 N–H and O–H groups in total. The molecule has 0 unspecified atom stereocenters. The summed E-state index contributed by atoms with van der Waals surface area (Å²) in [5.41, 5.74) is 1.63. The quantitative estimate of drug-likeness (QED) is 0.862. The Hall–Kier alpha value is -2.14. The molecule has 0 bridgehead atoms. The lowest BCUT2D eigenvalue weighted by atomic mass is 9.99. The first-order valence-corrected chi connectivity index (χ1v) is 9.52. The maximum absolute atomic E-state index is 12.7. The third-order valence-corrected chi connectivity index (χ3v) is 4.97. The lowest BCUT2D eigenvalue weighted by Gasteiger charge is -2.30. The van der Waals surface area contributed by atoms with Crippen molar-refractivity contribution >= 4 is 23.3 Å². The first kappa shape index (κ1) is 18.6. The van der Waals surface area contributed by atoms with E-state index in [0.29, 0.717) is 29.8 Å². The molecule has 0 saturated carbocycles. The predicted molar refractivity (Wildman–Crippen MR) is 105 cm³/mol. The van der Waals surface area contributed by atoms with Crippen molar-refractivity contribution in [3.05, 3.63) is 52.4 Å². The van der Waals surface area contributed by atoms with Crippen molar-refractivity contribution < 1.29 is 4.79 Å². The number of aryl methyl sites for hydroxylation is 1. The zero-order valence-corrected chi connectivity index (χ0v) is 16.1. The van der Waals surface area contributed by atoms with Crippen LogP contribution in [0.25, 0.3) is 0 Å². The molecule has 1 fully saturated rings. The summed E-state index contributed by atoms with van der Waals surface area (Å²) in [5.74, 6) is 1.98. The van der Waals surface area contributed by atoms with E-state index in [1.165, 1.54) is 0 Å². The van der Waals surface area contributed by atoms with Crippen molar-refractivity contribution in [3.8, 4) is 0 Å². The number of hydrogen-bond donors (Lipinski definition) is 1. The number of anilines is 1. The maximum atomic E-state index is 12.7. The summed E-state index contributed by atoms with van der Waals surface area (Å²) in [6.45, 7) is 6.38. The van der Waals surface area contributed by atoms with E-state index >= 15 is 0 Å². The number of benzene rings is 1. The highest BCUT2D eigenvalue weighted by atomic mass is 35.5. The summed E-state index contributed by atoms with van der Waals surface area (Å²) < 4.78 is 0. The minimum Gasteiger partial charge on any atom is -0.370 e. The van der Waals surface area contributed by atoms with Crippen molar-refractivity contribution in [2.24, 2.45) is 5.92 Å². The molecule has 6 heteroatoms. The summed E-state index contributed by atoms with van der Waals surface area (Å²) in [6, 6.07) is 9.57. The fraction of sp³-hybridized carbons (Fsp3) is 0.450. The minimum atomic E-state index is 0.000270. The Morgan fingerprint density at radius 2 is 2.04 bits per heavy atom. The molecule has 26 heavy (non-hydrogen) atoms. The van der Waals surface area contributed by atoms with Crippen LogP contribution in [0.2, 0.25) is 5.02 Å². The SMILES string of the molecule is Cc1nc(NCCc2cccc(Cl)c2)cc(C(=O)N2CCC(C)CC2)n1. The topological polar surface area (TPSA) is 58.1 Å². The van der Waals surface area contributed by atoms with Gasteiger partial charge in [0.15, 0.2) is 0 Å². The number of aromatic nitrogens is 2. The monoisotopic (exact) mass is 372 g/mol. The van der Waals surface area contributed by atoms with Gasteiger partial charge >= 0.3 is 0 Å². The molecule has 3 rings (SSSR count). The summed E-state index contributed by atoms with van der Waals surface area (Å²) >= 11 is 6.02. The number of hydrogen-bond acceptors (Lipinski definition) is 4. The Morgan fingerprint density at radius 3 is 2.77 bits per heavy atom. The van der Waals surface area contributed by atoms with Crippen molar-refractivity contribution in [1.29, 1.82) is 0 Å². The van der Waals surface area contributed by atoms with Gasteiger partial charge in [0.25, 0.3) is 5.91 Å². The van der Waals surface area contributed by atoms with Gasteiger partial charge < -0.3 is 10.2 Å². The number of piperidine rings is 1. The molecule has 2 heterocycles. The number of nitrogens with zero attached hydrogens (tertiary/aromatic N) is 3. The van der Waals surface area contributed by atoms with Gasteiger partial charge in [0.05, 0.1) is 0 Å². The van der Waals surface area contributed by atoms with Crippen molar-refractivity contribution in [1.82, 2.24) is 14.9 Å². The first-order valence-electron chi connectivity index (χ1n) is 9.14. The summed E-state index contributed by atoms with van der Waals surface area (Å²) in [4.78, 5) is 23.4. The van der Waals surface area contributed by atoms with Crippen LogP contribution in [0, 0.1) is 12.8 Å². The molecule has 1 aliphatic heterocycles. The third kappa shape index (κ3) is 4.94. The summed E-state index contributed by atoms with van der Waals surface area (Å²) in [5, 5.41) is 4.03. The lowest BCUT2D eigenvalue weighted by Crippen LogP contribution is -2.38. The molecule has 0 radical (unpaired) electrons. The normalized spacial score (nSPS) is 15.1. The maximum Gasteiger partial charge on any atom is 0.272 e. The number of nitrogens with one attached hydrogen (secondary N) is 1. The van der Waals surface area contributed by atoms with Gasteiger partial charge in [0, 0.05) is 30.7 Å². The first-order chi connectivity index (χ1) is 12.5. The number of amides is 1. The molecule has 138 valence electrons. The second-order valence-electron chi connectivity index (χ2n) is 6.97. The summed E-state index contributed by atoms with van der Waals surface area (Å²) in [7, 11) is 0. The molecule has 0 aliphatic carbocycles. The molecule has 1 amide bonds. The molecule has 1 aromatic heterocycles. The van der Waals surface area contributed by atoms with Gasteiger partial charge in [-0.2, -0.15) is 0 Å². The molecular weight excluding hydrogens is 348 g/mol.